The third kappa shape index (κ3) is 13.8. The molecule has 3 atom stereocenters. The van der Waals surface area contributed by atoms with Crippen LogP contribution in [-0.2, 0) is 14.4 Å². The molecule has 176 valence electrons. The number of carboxylic acids is 2. The van der Waals surface area contributed by atoms with E-state index in [1.54, 1.807) is 0 Å². The number of nitrogens with one attached hydrogen (secondary N) is 1. The van der Waals surface area contributed by atoms with Gasteiger partial charge < -0.3 is 15.5 Å². The molecule has 0 fully saturated rings. The van der Waals surface area contributed by atoms with E-state index < -0.39 is 35.7 Å². The highest BCUT2D eigenvalue weighted by Gasteiger charge is 2.29. The summed E-state index contributed by atoms with van der Waals surface area (Å²) in [4.78, 5) is 34.6. The van der Waals surface area contributed by atoms with Crippen molar-refractivity contribution in [2.75, 3.05) is 11.5 Å². The van der Waals surface area contributed by atoms with Gasteiger partial charge in [-0.05, 0) is 53.4 Å². The lowest BCUT2D eigenvalue weighted by Gasteiger charge is -2.19. The van der Waals surface area contributed by atoms with Crippen LogP contribution in [-0.4, -0.2) is 45.6 Å². The second-order valence-electron chi connectivity index (χ2n) is 8.31. The maximum absolute atomic E-state index is 12.1. The number of hydrogen-bond acceptors (Lipinski definition) is 4. The molecule has 0 rings (SSSR count). The third-order valence-electron chi connectivity index (χ3n) is 5.12. The standard InChI is InChI=1S/C24H39NO5S/c1-16(2)9-7-10-17(3)11-8-12-18(4)13-14-31-15-21(24(29)30)25-22(26)19(5)20(6)23(27)28/h9,11,13,19-21H,7-8,10,12,14-15H2,1-6H3,(H,25,26)(H,27,28)(H,29,30)/b17-11+,18-13+/t19?,20?,21-/m0/s1. The summed E-state index contributed by atoms with van der Waals surface area (Å²) in [7, 11) is 0. The van der Waals surface area contributed by atoms with Gasteiger partial charge in [0.25, 0.3) is 0 Å². The molecule has 0 aromatic rings. The molecule has 0 spiro atoms. The van der Waals surface area contributed by atoms with Crippen molar-refractivity contribution >= 4 is 29.6 Å². The zero-order valence-electron chi connectivity index (χ0n) is 19.7. The monoisotopic (exact) mass is 453 g/mol. The predicted molar refractivity (Wildman–Crippen MR) is 128 cm³/mol. The second kappa shape index (κ2) is 15.7. The number of carbonyl (C=O) groups excluding carboxylic acids is 1. The highest BCUT2D eigenvalue weighted by Crippen LogP contribution is 2.14. The summed E-state index contributed by atoms with van der Waals surface area (Å²) in [5.74, 6) is -3.55. The number of amides is 1. The van der Waals surface area contributed by atoms with Crippen molar-refractivity contribution in [2.45, 2.75) is 73.3 Å². The normalized spacial score (nSPS) is 15.0. The quantitative estimate of drug-likeness (QED) is 0.236. The van der Waals surface area contributed by atoms with E-state index in [2.05, 4.69) is 51.2 Å². The number of carboxylic acid groups (broad SMARTS) is 2. The topological polar surface area (TPSA) is 104 Å². The van der Waals surface area contributed by atoms with Crippen molar-refractivity contribution in [3.05, 3.63) is 34.9 Å². The minimum Gasteiger partial charge on any atom is -0.481 e. The molecule has 0 radical (unpaired) electrons. The average Bonchev–Trinajstić information content (AvgIpc) is 2.68. The van der Waals surface area contributed by atoms with Gasteiger partial charge in [0, 0.05) is 17.4 Å². The molecular weight excluding hydrogens is 414 g/mol. The SMILES string of the molecule is CC(C)=CCC/C(C)=C/CC/C(C)=C/CSC[C@H](NC(=O)C(C)C(C)C(=O)O)C(=O)O. The zero-order valence-corrected chi connectivity index (χ0v) is 20.6. The summed E-state index contributed by atoms with van der Waals surface area (Å²) in [6, 6.07) is -1.04. The van der Waals surface area contributed by atoms with Crippen molar-refractivity contribution < 1.29 is 24.6 Å². The summed E-state index contributed by atoms with van der Waals surface area (Å²) >= 11 is 1.43. The molecule has 0 bridgehead atoms. The molecule has 2 unspecified atom stereocenters. The molecule has 7 heteroatoms. The maximum Gasteiger partial charge on any atom is 0.327 e. The van der Waals surface area contributed by atoms with Gasteiger partial charge >= 0.3 is 11.9 Å². The fourth-order valence-electron chi connectivity index (χ4n) is 2.64. The number of thioether (sulfide) groups is 1. The zero-order chi connectivity index (χ0) is 24.0. The predicted octanol–water partition coefficient (Wildman–Crippen LogP) is 5.07. The molecule has 0 aliphatic heterocycles. The summed E-state index contributed by atoms with van der Waals surface area (Å²) in [5, 5.41) is 20.8. The van der Waals surface area contributed by atoms with E-state index in [0.717, 1.165) is 25.7 Å². The molecular formula is C24H39NO5S. The van der Waals surface area contributed by atoms with Gasteiger partial charge in [-0.3, -0.25) is 9.59 Å². The van der Waals surface area contributed by atoms with Gasteiger partial charge in [0.15, 0.2) is 0 Å². The number of rotatable bonds is 15. The van der Waals surface area contributed by atoms with E-state index in [-0.39, 0.29) is 5.75 Å². The van der Waals surface area contributed by atoms with Crippen molar-refractivity contribution in [1.29, 1.82) is 0 Å². The Morgan fingerprint density at radius 3 is 1.90 bits per heavy atom. The van der Waals surface area contributed by atoms with Gasteiger partial charge in [0.05, 0.1) is 5.92 Å². The average molecular weight is 454 g/mol. The maximum atomic E-state index is 12.1. The Kier molecular flexibility index (Phi) is 14.7. The number of carbonyl (C=O) groups is 3. The van der Waals surface area contributed by atoms with E-state index in [9.17, 15) is 19.5 Å². The van der Waals surface area contributed by atoms with Crippen LogP contribution in [0.25, 0.3) is 0 Å². The first-order valence-electron chi connectivity index (χ1n) is 10.7. The summed E-state index contributed by atoms with van der Waals surface area (Å²) in [6.45, 7) is 11.4. The highest BCUT2D eigenvalue weighted by atomic mass is 32.2. The number of hydrogen-bond donors (Lipinski definition) is 3. The van der Waals surface area contributed by atoms with Gasteiger partial charge in [-0.2, -0.15) is 11.8 Å². The van der Waals surface area contributed by atoms with Crippen LogP contribution in [0.15, 0.2) is 34.9 Å². The molecule has 0 aromatic heterocycles. The van der Waals surface area contributed by atoms with E-state index >= 15 is 0 Å². The lowest BCUT2D eigenvalue weighted by molar-refractivity contribution is -0.147. The molecule has 0 saturated carbocycles. The second-order valence-corrected chi connectivity index (χ2v) is 9.39. The molecule has 0 aliphatic carbocycles. The Hall–Kier alpha value is -2.02. The Morgan fingerprint density at radius 2 is 1.39 bits per heavy atom. The van der Waals surface area contributed by atoms with Crippen LogP contribution >= 0.6 is 11.8 Å². The van der Waals surface area contributed by atoms with E-state index in [4.69, 9.17) is 5.11 Å². The minimum atomic E-state index is -1.12. The largest absolute Gasteiger partial charge is 0.481 e. The fraction of sp³-hybridized carbons (Fsp3) is 0.625. The number of aliphatic carboxylic acids is 2. The van der Waals surface area contributed by atoms with Crippen molar-refractivity contribution in [3.63, 3.8) is 0 Å². The van der Waals surface area contributed by atoms with Crippen LogP contribution in [0.4, 0.5) is 0 Å². The summed E-state index contributed by atoms with van der Waals surface area (Å²) < 4.78 is 0. The first-order valence-corrected chi connectivity index (χ1v) is 11.9. The molecule has 0 aliphatic rings. The smallest absolute Gasteiger partial charge is 0.327 e. The van der Waals surface area contributed by atoms with Gasteiger partial charge in [-0.15, -0.1) is 0 Å². The van der Waals surface area contributed by atoms with Crippen LogP contribution in [0.5, 0.6) is 0 Å². The molecule has 3 N–H and O–H groups in total. The van der Waals surface area contributed by atoms with Gasteiger partial charge in [-0.25, -0.2) is 4.79 Å². The van der Waals surface area contributed by atoms with Crippen LogP contribution in [0.2, 0.25) is 0 Å². The molecule has 31 heavy (non-hydrogen) atoms. The van der Waals surface area contributed by atoms with Crippen molar-refractivity contribution in [3.8, 4) is 0 Å². The van der Waals surface area contributed by atoms with Gasteiger partial charge in [0.2, 0.25) is 5.91 Å². The molecule has 0 saturated heterocycles. The van der Waals surface area contributed by atoms with Gasteiger partial charge in [0.1, 0.15) is 6.04 Å². The van der Waals surface area contributed by atoms with E-state index in [1.165, 1.54) is 42.3 Å². The van der Waals surface area contributed by atoms with E-state index in [0.29, 0.717) is 5.75 Å². The lowest BCUT2D eigenvalue weighted by atomic mass is 9.95. The first kappa shape index (κ1) is 29.0. The van der Waals surface area contributed by atoms with E-state index in [1.807, 2.05) is 0 Å². The van der Waals surface area contributed by atoms with Crippen LogP contribution < -0.4 is 5.32 Å². The lowest BCUT2D eigenvalue weighted by Crippen LogP contribution is -2.46. The highest BCUT2D eigenvalue weighted by molar-refractivity contribution is 7.99. The van der Waals surface area contributed by atoms with Crippen LogP contribution in [0.3, 0.4) is 0 Å². The fourth-order valence-corrected chi connectivity index (χ4v) is 3.64. The Labute approximate surface area is 191 Å². The number of allylic oxidation sites excluding steroid dienone is 5. The third-order valence-corrected chi connectivity index (χ3v) is 6.10. The summed E-state index contributed by atoms with van der Waals surface area (Å²) in [6.07, 6.45) is 10.7. The van der Waals surface area contributed by atoms with Crippen LogP contribution in [0, 0.1) is 11.8 Å². The van der Waals surface area contributed by atoms with Gasteiger partial charge in [-0.1, -0.05) is 48.8 Å². The summed E-state index contributed by atoms with van der Waals surface area (Å²) in [5.41, 5.74) is 3.99. The molecule has 6 nitrogen and oxygen atoms in total. The minimum absolute atomic E-state index is 0.225. The first-order chi connectivity index (χ1) is 14.5. The molecule has 0 heterocycles. The Balaban J connectivity index is 4.41. The molecule has 0 aromatic carbocycles. The Morgan fingerprint density at radius 1 is 0.839 bits per heavy atom. The Bertz CT molecular complexity index is 692. The molecule has 1 amide bonds. The van der Waals surface area contributed by atoms with Crippen molar-refractivity contribution in [1.82, 2.24) is 5.32 Å². The van der Waals surface area contributed by atoms with Crippen molar-refractivity contribution in [2.24, 2.45) is 11.8 Å². The van der Waals surface area contributed by atoms with Crippen LogP contribution in [0.1, 0.15) is 67.2 Å².